The molecule has 4 heterocycles. The monoisotopic (exact) mass is 411 g/mol. The van der Waals surface area contributed by atoms with E-state index in [0.29, 0.717) is 34.6 Å². The highest BCUT2D eigenvalue weighted by Crippen LogP contribution is 2.28. The second kappa shape index (κ2) is 6.99. The fourth-order valence-electron chi connectivity index (χ4n) is 4.46. The maximum Gasteiger partial charge on any atom is 0.265 e. The topological polar surface area (TPSA) is 74.8 Å². The summed E-state index contributed by atoms with van der Waals surface area (Å²) in [6.45, 7) is 3.13. The highest BCUT2D eigenvalue weighted by Gasteiger charge is 2.24. The predicted octanol–water partition coefficient (Wildman–Crippen LogP) is 3.77. The van der Waals surface area contributed by atoms with Crippen molar-refractivity contribution < 1.29 is 4.74 Å². The first-order valence-electron chi connectivity index (χ1n) is 10.6. The summed E-state index contributed by atoms with van der Waals surface area (Å²) in [5.41, 5.74) is 4.15. The molecule has 1 atom stereocenters. The zero-order valence-corrected chi connectivity index (χ0v) is 17.2. The van der Waals surface area contributed by atoms with Crippen molar-refractivity contribution in [3.05, 3.63) is 70.8 Å². The lowest BCUT2D eigenvalue weighted by Crippen LogP contribution is -2.29. The van der Waals surface area contributed by atoms with Crippen LogP contribution in [0.3, 0.4) is 0 Å². The molecule has 1 fully saturated rings. The van der Waals surface area contributed by atoms with Crippen LogP contribution in [0.15, 0.2) is 59.4 Å². The van der Waals surface area contributed by atoms with Crippen LogP contribution >= 0.6 is 0 Å². The van der Waals surface area contributed by atoms with Gasteiger partial charge in [0, 0.05) is 12.3 Å². The summed E-state index contributed by atoms with van der Waals surface area (Å²) >= 11 is 0. The van der Waals surface area contributed by atoms with Crippen LogP contribution in [0.4, 0.5) is 0 Å². The largest absolute Gasteiger partial charge is 0.376 e. The van der Waals surface area contributed by atoms with Crippen molar-refractivity contribution in [2.24, 2.45) is 0 Å². The molecule has 1 aliphatic rings. The Hall–Kier alpha value is -3.58. The van der Waals surface area contributed by atoms with Gasteiger partial charge in [-0.3, -0.25) is 13.9 Å². The van der Waals surface area contributed by atoms with E-state index < -0.39 is 0 Å². The van der Waals surface area contributed by atoms with Crippen LogP contribution in [0.1, 0.15) is 18.7 Å². The molecule has 0 bridgehead atoms. The first-order valence-corrected chi connectivity index (χ1v) is 10.6. The summed E-state index contributed by atoms with van der Waals surface area (Å²) in [6, 6.07) is 17.6. The van der Waals surface area contributed by atoms with E-state index in [0.717, 1.165) is 36.2 Å². The number of benzene rings is 2. The fraction of sp³-hybridized carbons (Fsp3) is 0.250. The third-order valence-corrected chi connectivity index (χ3v) is 5.98. The minimum absolute atomic E-state index is 0.0463. The third-order valence-electron chi connectivity index (χ3n) is 5.98. The Morgan fingerprint density at radius 1 is 0.968 bits per heavy atom. The molecular weight excluding hydrogens is 390 g/mol. The number of nitrogens with zero attached hydrogens (tertiary/aromatic N) is 5. The van der Waals surface area contributed by atoms with Gasteiger partial charge >= 0.3 is 0 Å². The molecular formula is C24H21N5O2. The van der Waals surface area contributed by atoms with Crippen molar-refractivity contribution in [2.75, 3.05) is 6.61 Å². The van der Waals surface area contributed by atoms with Gasteiger partial charge in [-0.1, -0.05) is 30.3 Å². The Morgan fingerprint density at radius 2 is 1.71 bits per heavy atom. The van der Waals surface area contributed by atoms with Crippen LogP contribution in [-0.2, 0) is 11.3 Å². The second-order valence-electron chi connectivity index (χ2n) is 7.96. The van der Waals surface area contributed by atoms with E-state index in [1.165, 1.54) is 0 Å². The predicted molar refractivity (Wildman–Crippen MR) is 120 cm³/mol. The molecule has 0 amide bonds. The quantitative estimate of drug-likeness (QED) is 0.452. The molecule has 1 aliphatic heterocycles. The Balaban J connectivity index is 1.73. The van der Waals surface area contributed by atoms with Crippen molar-refractivity contribution in [3.63, 3.8) is 0 Å². The minimum Gasteiger partial charge on any atom is -0.376 e. The third kappa shape index (κ3) is 2.84. The number of ether oxygens (including phenoxy) is 1. The molecule has 7 heteroatoms. The maximum atomic E-state index is 13.7. The Labute approximate surface area is 178 Å². The first-order chi connectivity index (χ1) is 15.2. The van der Waals surface area contributed by atoms with Crippen molar-refractivity contribution in [2.45, 2.75) is 32.4 Å². The number of hydrogen-bond acceptors (Lipinski definition) is 5. The zero-order chi connectivity index (χ0) is 20.9. The van der Waals surface area contributed by atoms with Gasteiger partial charge in [-0.15, -0.1) is 0 Å². The summed E-state index contributed by atoms with van der Waals surface area (Å²) in [6.07, 6.45) is 2.03. The van der Waals surface area contributed by atoms with Gasteiger partial charge < -0.3 is 4.74 Å². The van der Waals surface area contributed by atoms with E-state index >= 15 is 0 Å². The van der Waals surface area contributed by atoms with Gasteiger partial charge in [-0.25, -0.2) is 15.0 Å². The van der Waals surface area contributed by atoms with Crippen LogP contribution in [0.5, 0.6) is 0 Å². The van der Waals surface area contributed by atoms with Crippen molar-refractivity contribution in [1.82, 2.24) is 24.1 Å². The highest BCUT2D eigenvalue weighted by atomic mass is 16.5. The van der Waals surface area contributed by atoms with Gasteiger partial charge in [-0.2, -0.15) is 0 Å². The van der Waals surface area contributed by atoms with Crippen LogP contribution < -0.4 is 5.56 Å². The SMILES string of the molecule is Cc1nc2c(c(=O)n1C[C@H]1CCCO1)c1nc3ccccc3nc1n2-c1ccccc1. The van der Waals surface area contributed by atoms with Crippen molar-refractivity contribution in [3.8, 4) is 5.69 Å². The molecule has 7 nitrogen and oxygen atoms in total. The molecule has 5 aromatic rings. The minimum atomic E-state index is -0.0951. The van der Waals surface area contributed by atoms with Gasteiger partial charge in [0.05, 0.1) is 23.7 Å². The molecule has 0 N–H and O–H groups in total. The molecule has 31 heavy (non-hydrogen) atoms. The summed E-state index contributed by atoms with van der Waals surface area (Å²) in [5, 5.41) is 0.501. The molecule has 0 unspecified atom stereocenters. The lowest BCUT2D eigenvalue weighted by Gasteiger charge is -2.14. The van der Waals surface area contributed by atoms with Gasteiger partial charge in [0.1, 0.15) is 16.7 Å². The van der Waals surface area contributed by atoms with Gasteiger partial charge in [0.15, 0.2) is 11.3 Å². The average molecular weight is 411 g/mol. The summed E-state index contributed by atoms with van der Waals surface area (Å²) in [5.74, 6) is 0.664. The molecule has 0 spiro atoms. The van der Waals surface area contributed by atoms with E-state index in [1.54, 1.807) is 4.57 Å². The van der Waals surface area contributed by atoms with Crippen molar-refractivity contribution in [1.29, 1.82) is 0 Å². The molecule has 0 saturated carbocycles. The Kier molecular flexibility index (Phi) is 4.11. The number of fused-ring (bicyclic) bond motifs is 4. The number of aryl methyl sites for hydroxylation is 1. The summed E-state index contributed by atoms with van der Waals surface area (Å²) < 4.78 is 9.44. The lowest BCUT2D eigenvalue weighted by atomic mass is 10.2. The summed E-state index contributed by atoms with van der Waals surface area (Å²) in [7, 11) is 0. The smallest absolute Gasteiger partial charge is 0.265 e. The summed E-state index contributed by atoms with van der Waals surface area (Å²) in [4.78, 5) is 28.3. The average Bonchev–Trinajstić information content (AvgIpc) is 3.41. The van der Waals surface area contributed by atoms with Crippen LogP contribution in [-0.4, -0.2) is 36.8 Å². The highest BCUT2D eigenvalue weighted by molar-refractivity contribution is 6.05. The number of para-hydroxylation sites is 3. The van der Waals surface area contributed by atoms with Gasteiger partial charge in [-0.05, 0) is 44.0 Å². The molecule has 3 aromatic heterocycles. The van der Waals surface area contributed by atoms with E-state index in [4.69, 9.17) is 19.7 Å². The van der Waals surface area contributed by atoms with Crippen LogP contribution in [0, 0.1) is 6.92 Å². The number of hydrogen-bond donors (Lipinski definition) is 0. The second-order valence-corrected chi connectivity index (χ2v) is 7.96. The standard InChI is InChI=1S/C24H21N5O2/c1-15-25-22-20(24(30)28(15)14-17-10-7-13-31-17)21-23(29(22)16-8-3-2-4-9-16)27-19-12-6-5-11-18(19)26-21/h2-6,8-9,11-12,17H,7,10,13-14H2,1H3/t17-/m1/s1. The lowest BCUT2D eigenvalue weighted by molar-refractivity contribution is 0.0955. The molecule has 0 radical (unpaired) electrons. The zero-order valence-electron chi connectivity index (χ0n) is 17.2. The van der Waals surface area contributed by atoms with Crippen molar-refractivity contribution >= 4 is 33.2 Å². The van der Waals surface area contributed by atoms with E-state index in [2.05, 4.69) is 0 Å². The maximum absolute atomic E-state index is 13.7. The van der Waals surface area contributed by atoms with Gasteiger partial charge in [0.25, 0.3) is 5.56 Å². The van der Waals surface area contributed by atoms with Gasteiger partial charge in [0.2, 0.25) is 0 Å². The normalized spacial score (nSPS) is 16.6. The Morgan fingerprint density at radius 3 is 2.45 bits per heavy atom. The van der Waals surface area contributed by atoms with E-state index in [1.807, 2.05) is 66.1 Å². The molecule has 154 valence electrons. The Bertz CT molecular complexity index is 1500. The van der Waals surface area contributed by atoms with Crippen LogP contribution in [0.2, 0.25) is 0 Å². The van der Waals surface area contributed by atoms with E-state index in [9.17, 15) is 4.79 Å². The number of rotatable bonds is 3. The first kappa shape index (κ1) is 18.2. The number of aromatic nitrogens is 5. The van der Waals surface area contributed by atoms with E-state index in [-0.39, 0.29) is 11.7 Å². The molecule has 1 saturated heterocycles. The van der Waals surface area contributed by atoms with Crippen LogP contribution in [0.25, 0.3) is 38.9 Å². The fourth-order valence-corrected chi connectivity index (χ4v) is 4.46. The molecule has 0 aliphatic carbocycles. The molecule has 6 rings (SSSR count). The molecule has 2 aromatic carbocycles.